The molecular formula is C15H23NO2. The summed E-state index contributed by atoms with van der Waals surface area (Å²) in [5, 5.41) is 11.5. The van der Waals surface area contributed by atoms with Crippen LogP contribution in [0.3, 0.4) is 0 Å². The lowest BCUT2D eigenvalue weighted by molar-refractivity contribution is 0.0953. The molecule has 18 heavy (non-hydrogen) atoms. The molecule has 0 atom stereocenters. The molecule has 1 rings (SSSR count). The van der Waals surface area contributed by atoms with Gasteiger partial charge >= 0.3 is 0 Å². The molecule has 3 nitrogen and oxygen atoms in total. The number of amides is 1. The van der Waals surface area contributed by atoms with E-state index < -0.39 is 0 Å². The van der Waals surface area contributed by atoms with Crippen molar-refractivity contribution in [1.82, 2.24) is 5.32 Å². The number of nitrogens with one attached hydrogen (secondary N) is 1. The summed E-state index contributed by atoms with van der Waals surface area (Å²) in [5.41, 5.74) is 1.95. The van der Waals surface area contributed by atoms with Gasteiger partial charge in [-0.3, -0.25) is 4.79 Å². The van der Waals surface area contributed by atoms with Gasteiger partial charge in [0.2, 0.25) is 0 Å². The van der Waals surface area contributed by atoms with E-state index in [2.05, 4.69) is 19.2 Å². The number of unbranched alkanes of at least 4 members (excludes halogenated alkanes) is 2. The van der Waals surface area contributed by atoms with Gasteiger partial charge < -0.3 is 10.4 Å². The molecular weight excluding hydrogens is 226 g/mol. The van der Waals surface area contributed by atoms with Gasteiger partial charge in [-0.25, -0.2) is 0 Å². The Morgan fingerprint density at radius 2 is 1.83 bits per heavy atom. The normalized spacial score (nSPS) is 10.7. The molecule has 0 bridgehead atoms. The quantitative estimate of drug-likeness (QED) is 0.730. The third-order valence-corrected chi connectivity index (χ3v) is 2.96. The van der Waals surface area contributed by atoms with E-state index in [0.29, 0.717) is 18.0 Å². The zero-order valence-electron chi connectivity index (χ0n) is 11.3. The van der Waals surface area contributed by atoms with E-state index in [0.717, 1.165) is 19.3 Å². The third kappa shape index (κ3) is 4.88. The van der Waals surface area contributed by atoms with Crippen molar-refractivity contribution in [2.45, 2.75) is 39.0 Å². The number of carbonyl (C=O) groups is 1. The second kappa shape index (κ2) is 7.88. The summed E-state index contributed by atoms with van der Waals surface area (Å²) in [6.45, 7) is 5.17. The van der Waals surface area contributed by atoms with E-state index in [4.69, 9.17) is 5.11 Å². The molecule has 0 aliphatic rings. The van der Waals surface area contributed by atoms with E-state index >= 15 is 0 Å². The van der Waals surface area contributed by atoms with E-state index in [1.165, 1.54) is 5.56 Å². The van der Waals surface area contributed by atoms with Crippen molar-refractivity contribution in [3.05, 3.63) is 35.4 Å². The smallest absolute Gasteiger partial charge is 0.251 e. The lowest BCUT2D eigenvalue weighted by Crippen LogP contribution is -2.24. The molecule has 3 heteroatoms. The van der Waals surface area contributed by atoms with Crippen molar-refractivity contribution in [3.63, 3.8) is 0 Å². The van der Waals surface area contributed by atoms with Gasteiger partial charge in [-0.2, -0.15) is 0 Å². The van der Waals surface area contributed by atoms with Crippen molar-refractivity contribution < 1.29 is 9.90 Å². The lowest BCUT2D eigenvalue weighted by atomic mass is 10.0. The van der Waals surface area contributed by atoms with Crippen LogP contribution >= 0.6 is 0 Å². The predicted molar refractivity (Wildman–Crippen MR) is 73.8 cm³/mol. The van der Waals surface area contributed by atoms with Gasteiger partial charge in [-0.15, -0.1) is 0 Å². The maximum Gasteiger partial charge on any atom is 0.251 e. The molecule has 0 aliphatic carbocycles. The summed E-state index contributed by atoms with van der Waals surface area (Å²) in [4.78, 5) is 11.8. The van der Waals surface area contributed by atoms with Gasteiger partial charge in [0, 0.05) is 18.7 Å². The fourth-order valence-electron chi connectivity index (χ4n) is 1.74. The molecule has 0 unspecified atom stereocenters. The number of benzene rings is 1. The third-order valence-electron chi connectivity index (χ3n) is 2.96. The Kier molecular flexibility index (Phi) is 6.44. The Bertz CT molecular complexity index is 357. The minimum atomic E-state index is -0.0192. The highest BCUT2D eigenvalue weighted by Crippen LogP contribution is 2.14. The first-order chi connectivity index (χ1) is 8.65. The molecule has 1 amide bonds. The van der Waals surface area contributed by atoms with Crippen LogP contribution in [0.25, 0.3) is 0 Å². The molecule has 0 aromatic heterocycles. The SMILES string of the molecule is CC(C)c1ccc(C(=O)NCCCCCO)cc1. The van der Waals surface area contributed by atoms with Gasteiger partial charge in [0.1, 0.15) is 0 Å². The second-order valence-corrected chi connectivity index (χ2v) is 4.82. The molecule has 0 saturated heterocycles. The van der Waals surface area contributed by atoms with Crippen molar-refractivity contribution in [1.29, 1.82) is 0 Å². The highest BCUT2D eigenvalue weighted by atomic mass is 16.2. The second-order valence-electron chi connectivity index (χ2n) is 4.82. The summed E-state index contributed by atoms with van der Waals surface area (Å²) >= 11 is 0. The largest absolute Gasteiger partial charge is 0.396 e. The first kappa shape index (κ1) is 14.7. The molecule has 100 valence electrons. The van der Waals surface area contributed by atoms with Gasteiger partial charge in [0.05, 0.1) is 0 Å². The van der Waals surface area contributed by atoms with Crippen LogP contribution in [0, 0.1) is 0 Å². The zero-order valence-corrected chi connectivity index (χ0v) is 11.3. The predicted octanol–water partition coefficient (Wildman–Crippen LogP) is 2.70. The van der Waals surface area contributed by atoms with Crippen molar-refractivity contribution in [2.75, 3.05) is 13.2 Å². The van der Waals surface area contributed by atoms with E-state index in [9.17, 15) is 4.79 Å². The van der Waals surface area contributed by atoms with Crippen molar-refractivity contribution in [3.8, 4) is 0 Å². The Labute approximate surface area is 109 Å². The van der Waals surface area contributed by atoms with Crippen LogP contribution in [-0.2, 0) is 0 Å². The monoisotopic (exact) mass is 249 g/mol. The molecule has 2 N–H and O–H groups in total. The molecule has 1 aromatic rings. The number of carbonyl (C=O) groups excluding carboxylic acids is 1. The molecule has 0 aliphatic heterocycles. The van der Waals surface area contributed by atoms with E-state index in [-0.39, 0.29) is 12.5 Å². The van der Waals surface area contributed by atoms with Gasteiger partial charge in [0.15, 0.2) is 0 Å². The van der Waals surface area contributed by atoms with E-state index in [1.807, 2.05) is 24.3 Å². The number of hydrogen-bond donors (Lipinski definition) is 2. The molecule has 1 aromatic carbocycles. The van der Waals surface area contributed by atoms with Crippen LogP contribution in [0.5, 0.6) is 0 Å². The first-order valence-corrected chi connectivity index (χ1v) is 6.64. The Morgan fingerprint density at radius 1 is 1.17 bits per heavy atom. The Balaban J connectivity index is 2.37. The van der Waals surface area contributed by atoms with Crippen LogP contribution in [0.4, 0.5) is 0 Å². The van der Waals surface area contributed by atoms with Crippen molar-refractivity contribution in [2.24, 2.45) is 0 Å². The zero-order chi connectivity index (χ0) is 13.4. The highest BCUT2D eigenvalue weighted by Gasteiger charge is 2.05. The summed E-state index contributed by atoms with van der Waals surface area (Å²) in [7, 11) is 0. The van der Waals surface area contributed by atoms with Crippen LogP contribution in [0.15, 0.2) is 24.3 Å². The van der Waals surface area contributed by atoms with Crippen LogP contribution < -0.4 is 5.32 Å². The maximum absolute atomic E-state index is 11.8. The topological polar surface area (TPSA) is 49.3 Å². The Morgan fingerprint density at radius 3 is 2.39 bits per heavy atom. The van der Waals surface area contributed by atoms with E-state index in [1.54, 1.807) is 0 Å². The minimum absolute atomic E-state index is 0.0192. The average molecular weight is 249 g/mol. The summed E-state index contributed by atoms with van der Waals surface area (Å²) in [6.07, 6.45) is 2.67. The fraction of sp³-hybridized carbons (Fsp3) is 0.533. The van der Waals surface area contributed by atoms with Crippen LogP contribution in [0.2, 0.25) is 0 Å². The molecule has 0 radical (unpaired) electrons. The van der Waals surface area contributed by atoms with Gasteiger partial charge in [0.25, 0.3) is 5.91 Å². The number of rotatable bonds is 7. The summed E-state index contributed by atoms with van der Waals surface area (Å²) < 4.78 is 0. The lowest BCUT2D eigenvalue weighted by Gasteiger charge is -2.07. The van der Waals surface area contributed by atoms with Gasteiger partial charge in [-0.1, -0.05) is 26.0 Å². The number of aliphatic hydroxyl groups excluding tert-OH is 1. The average Bonchev–Trinajstić information content (AvgIpc) is 2.38. The number of aliphatic hydroxyl groups is 1. The molecule has 0 spiro atoms. The minimum Gasteiger partial charge on any atom is -0.396 e. The fourth-order valence-corrected chi connectivity index (χ4v) is 1.74. The first-order valence-electron chi connectivity index (χ1n) is 6.64. The van der Waals surface area contributed by atoms with Crippen LogP contribution in [-0.4, -0.2) is 24.2 Å². The standard InChI is InChI=1S/C15H23NO2/c1-12(2)13-6-8-14(9-7-13)15(18)16-10-4-3-5-11-17/h6-9,12,17H,3-5,10-11H2,1-2H3,(H,16,18). The maximum atomic E-state index is 11.8. The van der Waals surface area contributed by atoms with Crippen molar-refractivity contribution >= 4 is 5.91 Å². The summed E-state index contributed by atoms with van der Waals surface area (Å²) in [5.74, 6) is 0.467. The molecule has 0 saturated carbocycles. The highest BCUT2D eigenvalue weighted by molar-refractivity contribution is 5.94. The van der Waals surface area contributed by atoms with Crippen LogP contribution in [0.1, 0.15) is 54.9 Å². The summed E-state index contributed by atoms with van der Waals surface area (Å²) in [6, 6.07) is 7.76. The van der Waals surface area contributed by atoms with Gasteiger partial charge in [-0.05, 0) is 42.9 Å². The molecule has 0 fully saturated rings. The number of hydrogen-bond acceptors (Lipinski definition) is 2. The Hall–Kier alpha value is -1.35. The molecule has 0 heterocycles.